The molecule has 1 atom stereocenters. The lowest BCUT2D eigenvalue weighted by Gasteiger charge is -2.20. The summed E-state index contributed by atoms with van der Waals surface area (Å²) in [5, 5.41) is 8.34. The Balaban J connectivity index is 1.62. The van der Waals surface area contributed by atoms with Crippen LogP contribution >= 0.6 is 11.6 Å². The molecule has 33 heavy (non-hydrogen) atoms. The van der Waals surface area contributed by atoms with Crippen LogP contribution in [-0.2, 0) is 11.0 Å². The molecule has 4 nitrogen and oxygen atoms in total. The van der Waals surface area contributed by atoms with Gasteiger partial charge in [-0.15, -0.1) is 0 Å². The van der Waals surface area contributed by atoms with E-state index in [0.29, 0.717) is 16.3 Å². The molecular weight excluding hydrogens is 451 g/mol. The Hall–Kier alpha value is -3.58. The summed E-state index contributed by atoms with van der Waals surface area (Å²) in [6, 6.07) is 18.9. The fourth-order valence-electron chi connectivity index (χ4n) is 3.51. The highest BCUT2D eigenvalue weighted by atomic mass is 35.5. The van der Waals surface area contributed by atoms with Gasteiger partial charge in [0.2, 0.25) is 5.91 Å². The van der Waals surface area contributed by atoms with Crippen molar-refractivity contribution in [2.45, 2.75) is 12.1 Å². The van der Waals surface area contributed by atoms with E-state index in [9.17, 15) is 18.0 Å². The summed E-state index contributed by atoms with van der Waals surface area (Å²) in [4.78, 5) is 17.4. The molecule has 3 aromatic carbocycles. The lowest BCUT2D eigenvalue weighted by Crippen LogP contribution is -2.27. The Labute approximate surface area is 193 Å². The van der Waals surface area contributed by atoms with E-state index in [1.807, 2.05) is 6.07 Å². The summed E-state index contributed by atoms with van der Waals surface area (Å²) >= 11 is 5.92. The number of nitrogens with one attached hydrogen (secondary N) is 2. The van der Waals surface area contributed by atoms with Gasteiger partial charge in [-0.3, -0.25) is 9.78 Å². The quantitative estimate of drug-likeness (QED) is 0.329. The molecule has 1 aromatic heterocycles. The van der Waals surface area contributed by atoms with E-state index >= 15 is 0 Å². The topological polar surface area (TPSA) is 54.0 Å². The third-order valence-corrected chi connectivity index (χ3v) is 5.50. The third-order valence-electron chi connectivity index (χ3n) is 5.25. The van der Waals surface area contributed by atoms with Crippen molar-refractivity contribution < 1.29 is 18.0 Å². The molecule has 0 aliphatic rings. The first kappa shape index (κ1) is 22.6. The smallest absolute Gasteiger partial charge is 0.384 e. The summed E-state index contributed by atoms with van der Waals surface area (Å²) in [6.07, 6.45) is -1.12. The molecule has 4 rings (SSSR count). The second kappa shape index (κ2) is 9.50. The largest absolute Gasteiger partial charge is 0.416 e. The van der Waals surface area contributed by atoms with E-state index in [0.717, 1.165) is 28.6 Å². The number of alkyl halides is 3. The second-order valence-corrected chi connectivity index (χ2v) is 7.89. The molecule has 0 spiro atoms. The zero-order chi connectivity index (χ0) is 23.4. The number of anilines is 2. The molecule has 1 unspecified atom stereocenters. The van der Waals surface area contributed by atoms with Gasteiger partial charge in [0.05, 0.1) is 11.5 Å². The molecule has 8 heteroatoms. The van der Waals surface area contributed by atoms with E-state index in [1.165, 1.54) is 12.1 Å². The van der Waals surface area contributed by atoms with Crippen molar-refractivity contribution in [2.24, 2.45) is 0 Å². The van der Waals surface area contributed by atoms with Crippen molar-refractivity contribution in [1.29, 1.82) is 0 Å². The van der Waals surface area contributed by atoms with E-state index < -0.39 is 17.7 Å². The predicted octanol–water partition coefficient (Wildman–Crippen LogP) is 6.74. The van der Waals surface area contributed by atoms with Gasteiger partial charge in [-0.2, -0.15) is 13.2 Å². The summed E-state index contributed by atoms with van der Waals surface area (Å²) in [6.45, 7) is 0.172. The average Bonchev–Trinajstić information content (AvgIpc) is 2.80. The van der Waals surface area contributed by atoms with Crippen LogP contribution in [0.5, 0.6) is 0 Å². The van der Waals surface area contributed by atoms with Crippen LogP contribution in [0, 0.1) is 0 Å². The van der Waals surface area contributed by atoms with Crippen LogP contribution in [0.25, 0.3) is 10.8 Å². The van der Waals surface area contributed by atoms with Gasteiger partial charge in [0.15, 0.2) is 0 Å². The van der Waals surface area contributed by atoms with Gasteiger partial charge in [0, 0.05) is 46.1 Å². The first-order chi connectivity index (χ1) is 15.8. The van der Waals surface area contributed by atoms with Gasteiger partial charge in [-0.05, 0) is 54.1 Å². The normalized spacial score (nSPS) is 12.4. The number of aromatic nitrogens is 1. The van der Waals surface area contributed by atoms with Crippen LogP contribution in [-0.4, -0.2) is 17.4 Å². The zero-order valence-electron chi connectivity index (χ0n) is 17.2. The number of halogens is 4. The van der Waals surface area contributed by atoms with Crippen LogP contribution in [0.2, 0.25) is 5.02 Å². The number of hydrogen-bond acceptors (Lipinski definition) is 3. The molecule has 2 N–H and O–H groups in total. The van der Waals surface area contributed by atoms with E-state index in [4.69, 9.17) is 11.6 Å². The Bertz CT molecular complexity index is 1250. The lowest BCUT2D eigenvalue weighted by atomic mass is 9.96. The summed E-state index contributed by atoms with van der Waals surface area (Å²) in [5.74, 6) is -1.10. The van der Waals surface area contributed by atoms with Gasteiger partial charge in [0.25, 0.3) is 0 Å². The molecule has 0 saturated heterocycles. The number of amides is 1. The standard InChI is InChI=1S/C25H19ClF3N3O/c26-19-8-10-20(11-9-19)31-15-22(16-4-6-18(7-5-16)25(27,28)29)24(33)32-23-3-1-2-17-14-30-13-12-21(17)23/h1-14,22,31H,15H2,(H,32,33). The van der Waals surface area contributed by atoms with Crippen molar-refractivity contribution in [3.05, 3.63) is 101 Å². The highest BCUT2D eigenvalue weighted by Gasteiger charge is 2.31. The molecule has 4 aromatic rings. The Kier molecular flexibility index (Phi) is 6.51. The number of rotatable bonds is 6. The van der Waals surface area contributed by atoms with Crippen LogP contribution in [0.15, 0.2) is 85.2 Å². The minimum absolute atomic E-state index is 0.172. The maximum Gasteiger partial charge on any atom is 0.416 e. The molecule has 0 saturated carbocycles. The van der Waals surface area contributed by atoms with Crippen LogP contribution in [0.4, 0.5) is 24.5 Å². The summed E-state index contributed by atoms with van der Waals surface area (Å²) < 4.78 is 39.0. The van der Waals surface area contributed by atoms with E-state index in [2.05, 4.69) is 15.6 Å². The molecular formula is C25H19ClF3N3O. The minimum Gasteiger partial charge on any atom is -0.384 e. The number of nitrogens with zero attached hydrogens (tertiary/aromatic N) is 1. The maximum atomic E-state index is 13.3. The number of carbonyl (C=O) groups excluding carboxylic acids is 1. The van der Waals surface area contributed by atoms with Crippen molar-refractivity contribution in [2.75, 3.05) is 17.2 Å². The van der Waals surface area contributed by atoms with Gasteiger partial charge in [-0.25, -0.2) is 0 Å². The van der Waals surface area contributed by atoms with Crippen LogP contribution in [0.3, 0.4) is 0 Å². The molecule has 0 aliphatic heterocycles. The predicted molar refractivity (Wildman–Crippen MR) is 124 cm³/mol. The Morgan fingerprint density at radius 2 is 1.70 bits per heavy atom. The molecule has 168 valence electrons. The highest BCUT2D eigenvalue weighted by Crippen LogP contribution is 2.31. The first-order valence-electron chi connectivity index (χ1n) is 10.1. The number of pyridine rings is 1. The van der Waals surface area contributed by atoms with Crippen molar-refractivity contribution in [3.8, 4) is 0 Å². The van der Waals surface area contributed by atoms with Crippen LogP contribution in [0.1, 0.15) is 17.0 Å². The van der Waals surface area contributed by atoms with Crippen LogP contribution < -0.4 is 10.6 Å². The number of benzene rings is 3. The monoisotopic (exact) mass is 469 g/mol. The highest BCUT2D eigenvalue weighted by molar-refractivity contribution is 6.30. The fourth-order valence-corrected chi connectivity index (χ4v) is 3.63. The number of hydrogen-bond donors (Lipinski definition) is 2. The number of carbonyl (C=O) groups is 1. The minimum atomic E-state index is -4.45. The second-order valence-electron chi connectivity index (χ2n) is 7.45. The van der Waals surface area contributed by atoms with Crippen molar-refractivity contribution >= 4 is 39.7 Å². The Morgan fingerprint density at radius 3 is 2.39 bits per heavy atom. The molecule has 0 fully saturated rings. The molecule has 0 bridgehead atoms. The molecule has 1 heterocycles. The lowest BCUT2D eigenvalue weighted by molar-refractivity contribution is -0.137. The van der Waals surface area contributed by atoms with Crippen molar-refractivity contribution in [3.63, 3.8) is 0 Å². The Morgan fingerprint density at radius 1 is 0.970 bits per heavy atom. The van der Waals surface area contributed by atoms with Gasteiger partial charge < -0.3 is 10.6 Å². The number of fused-ring (bicyclic) bond motifs is 1. The van der Waals surface area contributed by atoms with Gasteiger partial charge in [-0.1, -0.05) is 35.9 Å². The van der Waals surface area contributed by atoms with Gasteiger partial charge >= 0.3 is 6.18 Å². The van der Waals surface area contributed by atoms with E-state index in [-0.39, 0.29) is 12.5 Å². The first-order valence-corrected chi connectivity index (χ1v) is 10.5. The summed E-state index contributed by atoms with van der Waals surface area (Å²) in [5.41, 5.74) is 1.03. The third kappa shape index (κ3) is 5.43. The van der Waals surface area contributed by atoms with Crippen molar-refractivity contribution in [1.82, 2.24) is 4.98 Å². The zero-order valence-corrected chi connectivity index (χ0v) is 18.0. The SMILES string of the molecule is O=C(Nc1cccc2cnccc12)C(CNc1ccc(Cl)cc1)c1ccc(C(F)(F)F)cc1. The fraction of sp³-hybridized carbons (Fsp3) is 0.120. The molecule has 1 amide bonds. The maximum absolute atomic E-state index is 13.3. The van der Waals surface area contributed by atoms with E-state index in [1.54, 1.807) is 54.9 Å². The summed E-state index contributed by atoms with van der Waals surface area (Å²) in [7, 11) is 0. The van der Waals surface area contributed by atoms with Gasteiger partial charge in [0.1, 0.15) is 0 Å². The average molecular weight is 470 g/mol. The molecule has 0 radical (unpaired) electrons. The molecule has 0 aliphatic carbocycles.